The highest BCUT2D eigenvalue weighted by Crippen LogP contribution is 2.32. The van der Waals surface area contributed by atoms with Crippen LogP contribution in [-0.4, -0.2) is 43.9 Å². The van der Waals surface area contributed by atoms with E-state index in [1.165, 1.54) is 12.4 Å². The topological polar surface area (TPSA) is 97.7 Å². The summed E-state index contributed by atoms with van der Waals surface area (Å²) in [6, 6.07) is 14.4. The fourth-order valence-corrected chi connectivity index (χ4v) is 4.60. The van der Waals surface area contributed by atoms with Gasteiger partial charge in [0.15, 0.2) is 0 Å². The van der Waals surface area contributed by atoms with Gasteiger partial charge in [0.2, 0.25) is 0 Å². The lowest BCUT2D eigenvalue weighted by molar-refractivity contribution is -0.0500. The molecule has 1 fully saturated rings. The summed E-state index contributed by atoms with van der Waals surface area (Å²) in [6.07, 6.45) is 5.12. The van der Waals surface area contributed by atoms with Crippen LogP contribution in [0.5, 0.6) is 0 Å². The summed E-state index contributed by atoms with van der Waals surface area (Å²) in [5.74, 6) is -0.668. The lowest BCUT2D eigenvalue weighted by atomic mass is 9.80. The number of fused-ring (bicyclic) bond motifs is 1. The second-order valence-corrected chi connectivity index (χ2v) is 9.69. The number of halogens is 1. The molecule has 4 heterocycles. The smallest absolute Gasteiger partial charge is 0.251 e. The zero-order valence-corrected chi connectivity index (χ0v) is 20.5. The highest BCUT2D eigenvalue weighted by molar-refractivity contribution is 5.95. The van der Waals surface area contributed by atoms with Gasteiger partial charge in [-0.15, -0.1) is 0 Å². The van der Waals surface area contributed by atoms with E-state index in [1.807, 2.05) is 31.4 Å². The van der Waals surface area contributed by atoms with Gasteiger partial charge in [-0.05, 0) is 29.8 Å². The second-order valence-electron chi connectivity index (χ2n) is 9.69. The molecule has 2 N–H and O–H groups in total. The van der Waals surface area contributed by atoms with Crippen LogP contribution < -0.4 is 5.32 Å². The Labute approximate surface area is 212 Å². The number of ether oxygens (including phenoxy) is 1. The molecule has 37 heavy (non-hydrogen) atoms. The van der Waals surface area contributed by atoms with Crippen molar-refractivity contribution in [2.75, 3.05) is 13.2 Å². The van der Waals surface area contributed by atoms with E-state index in [4.69, 9.17) is 4.74 Å². The van der Waals surface area contributed by atoms with E-state index in [-0.39, 0.29) is 17.9 Å². The number of hydrogen-bond acceptors (Lipinski definition) is 5. The maximum absolute atomic E-state index is 15.1. The molecule has 0 aliphatic carbocycles. The fourth-order valence-electron chi connectivity index (χ4n) is 4.60. The number of aromatic nitrogens is 5. The number of benzene rings is 2. The zero-order chi connectivity index (χ0) is 25.6. The van der Waals surface area contributed by atoms with Gasteiger partial charge in [0, 0.05) is 52.8 Å². The summed E-state index contributed by atoms with van der Waals surface area (Å²) in [5.41, 5.74) is 5.76. The minimum absolute atomic E-state index is 0.00977. The van der Waals surface area contributed by atoms with E-state index in [0.717, 1.165) is 22.2 Å². The molecule has 9 heteroatoms. The van der Waals surface area contributed by atoms with Gasteiger partial charge in [0.05, 0.1) is 30.8 Å². The second kappa shape index (κ2) is 8.94. The molecule has 1 aliphatic rings. The Morgan fingerprint density at radius 2 is 1.95 bits per heavy atom. The normalized spacial score (nSPS) is 14.5. The van der Waals surface area contributed by atoms with Crippen LogP contribution in [0.25, 0.3) is 33.5 Å². The molecule has 1 aliphatic heterocycles. The first-order chi connectivity index (χ1) is 17.9. The third-order valence-corrected chi connectivity index (χ3v) is 6.89. The van der Waals surface area contributed by atoms with Crippen LogP contribution in [0.2, 0.25) is 0 Å². The molecule has 0 radical (unpaired) electrons. The average Bonchev–Trinajstić information content (AvgIpc) is 3.52. The van der Waals surface area contributed by atoms with E-state index < -0.39 is 5.82 Å². The summed E-state index contributed by atoms with van der Waals surface area (Å²) >= 11 is 0. The largest absolute Gasteiger partial charge is 0.379 e. The van der Waals surface area contributed by atoms with Crippen molar-refractivity contribution in [2.24, 2.45) is 7.05 Å². The van der Waals surface area contributed by atoms with Crippen molar-refractivity contribution in [3.8, 4) is 22.5 Å². The molecule has 1 saturated heterocycles. The number of carbonyl (C=O) groups excluding carboxylic acids is 1. The fraction of sp³-hybridized carbons (Fsp3) is 0.214. The van der Waals surface area contributed by atoms with E-state index in [0.29, 0.717) is 41.2 Å². The summed E-state index contributed by atoms with van der Waals surface area (Å²) in [6.45, 7) is 3.58. The molecular formula is C28H25FN6O2. The van der Waals surface area contributed by atoms with Gasteiger partial charge in [0.25, 0.3) is 5.91 Å². The Morgan fingerprint density at radius 3 is 2.62 bits per heavy atom. The van der Waals surface area contributed by atoms with Crippen LogP contribution in [-0.2, 0) is 23.7 Å². The van der Waals surface area contributed by atoms with Gasteiger partial charge in [-0.2, -0.15) is 5.10 Å². The molecule has 1 amide bonds. The zero-order valence-electron chi connectivity index (χ0n) is 20.5. The minimum Gasteiger partial charge on any atom is -0.379 e. The number of nitrogens with zero attached hydrogens (tertiary/aromatic N) is 4. The van der Waals surface area contributed by atoms with Crippen molar-refractivity contribution >= 4 is 16.9 Å². The van der Waals surface area contributed by atoms with Gasteiger partial charge in [-0.1, -0.05) is 31.2 Å². The average molecular weight is 497 g/mol. The highest BCUT2D eigenvalue weighted by atomic mass is 19.1. The van der Waals surface area contributed by atoms with E-state index in [9.17, 15) is 4.79 Å². The van der Waals surface area contributed by atoms with Gasteiger partial charge >= 0.3 is 0 Å². The van der Waals surface area contributed by atoms with Crippen molar-refractivity contribution in [3.05, 3.63) is 89.8 Å². The number of carbonyl (C=O) groups is 1. The van der Waals surface area contributed by atoms with Crippen LogP contribution in [0.15, 0.2) is 67.3 Å². The van der Waals surface area contributed by atoms with Gasteiger partial charge in [-0.3, -0.25) is 9.48 Å². The summed E-state index contributed by atoms with van der Waals surface area (Å²) in [7, 11) is 1.85. The van der Waals surface area contributed by atoms with Crippen LogP contribution in [0, 0.1) is 5.82 Å². The van der Waals surface area contributed by atoms with Crippen LogP contribution in [0.1, 0.15) is 28.4 Å². The number of nitrogens with one attached hydrogen (secondary N) is 2. The van der Waals surface area contributed by atoms with Gasteiger partial charge in [0.1, 0.15) is 17.8 Å². The predicted octanol–water partition coefficient (Wildman–Crippen LogP) is 4.38. The maximum Gasteiger partial charge on any atom is 0.251 e. The van der Waals surface area contributed by atoms with Gasteiger partial charge in [-0.25, -0.2) is 14.4 Å². The SMILES string of the molecule is Cn1cc(-c2cc3c(-c4ccc(CNC(=O)c5ccc(C6(C)COC6)cc5)c(F)c4)ncnc3[nH]2)cn1. The molecule has 0 atom stereocenters. The number of aromatic amines is 1. The van der Waals surface area contributed by atoms with Crippen molar-refractivity contribution in [1.29, 1.82) is 0 Å². The number of hydrogen-bond donors (Lipinski definition) is 2. The standard InChI is InChI=1S/C28H25FN6O2/c1-28(14-37-15-28)21-7-5-17(6-8-21)27(36)30-11-19-4-3-18(9-23(19)29)25-22-10-24(20-12-33-35(2)13-20)34-26(22)32-16-31-25/h3-10,12-13,16H,11,14-15H2,1-2H3,(H,30,36)(H,31,32,34). The summed E-state index contributed by atoms with van der Waals surface area (Å²) < 4.78 is 22.1. The first kappa shape index (κ1) is 23.1. The molecule has 0 bridgehead atoms. The summed E-state index contributed by atoms with van der Waals surface area (Å²) in [4.78, 5) is 24.7. The maximum atomic E-state index is 15.1. The molecule has 0 spiro atoms. The van der Waals surface area contributed by atoms with Crippen molar-refractivity contribution in [1.82, 2.24) is 30.0 Å². The third-order valence-electron chi connectivity index (χ3n) is 6.89. The lowest BCUT2D eigenvalue weighted by Crippen LogP contribution is -2.43. The number of aryl methyl sites for hydroxylation is 1. The molecular weight excluding hydrogens is 471 g/mol. The molecule has 2 aromatic carbocycles. The first-order valence-corrected chi connectivity index (χ1v) is 12.0. The molecule has 6 rings (SSSR count). The molecule has 0 unspecified atom stereocenters. The molecule has 0 saturated carbocycles. The van der Waals surface area contributed by atoms with Crippen LogP contribution in [0.4, 0.5) is 4.39 Å². The Morgan fingerprint density at radius 1 is 1.14 bits per heavy atom. The predicted molar refractivity (Wildman–Crippen MR) is 137 cm³/mol. The highest BCUT2D eigenvalue weighted by Gasteiger charge is 2.35. The first-order valence-electron chi connectivity index (χ1n) is 12.0. The Balaban J connectivity index is 1.18. The third kappa shape index (κ3) is 4.27. The lowest BCUT2D eigenvalue weighted by Gasteiger charge is -2.38. The monoisotopic (exact) mass is 496 g/mol. The van der Waals surface area contributed by atoms with E-state index in [2.05, 4.69) is 32.3 Å². The summed E-state index contributed by atoms with van der Waals surface area (Å²) in [5, 5.41) is 7.81. The minimum atomic E-state index is -0.416. The van der Waals surface area contributed by atoms with E-state index in [1.54, 1.807) is 35.1 Å². The Kier molecular flexibility index (Phi) is 5.57. The van der Waals surface area contributed by atoms with Crippen LogP contribution in [0.3, 0.4) is 0 Å². The van der Waals surface area contributed by atoms with Gasteiger partial charge < -0.3 is 15.0 Å². The quantitative estimate of drug-likeness (QED) is 0.364. The van der Waals surface area contributed by atoms with Crippen molar-refractivity contribution in [3.63, 3.8) is 0 Å². The number of rotatable bonds is 6. The molecule has 186 valence electrons. The van der Waals surface area contributed by atoms with Crippen LogP contribution >= 0.6 is 0 Å². The van der Waals surface area contributed by atoms with Crippen molar-refractivity contribution < 1.29 is 13.9 Å². The molecule has 8 nitrogen and oxygen atoms in total. The Hall–Kier alpha value is -4.37. The number of amides is 1. The molecule has 5 aromatic rings. The molecule has 3 aromatic heterocycles. The number of H-pyrrole nitrogens is 1. The van der Waals surface area contributed by atoms with Crippen molar-refractivity contribution in [2.45, 2.75) is 18.9 Å². The van der Waals surface area contributed by atoms with E-state index >= 15 is 4.39 Å². The Bertz CT molecular complexity index is 1620.